The van der Waals surface area contributed by atoms with E-state index in [0.29, 0.717) is 11.3 Å². The maximum Gasteiger partial charge on any atom is 0.387 e. The topological polar surface area (TPSA) is 75.0 Å². The summed E-state index contributed by atoms with van der Waals surface area (Å²) in [6.07, 6.45) is 3.63. The second-order valence-corrected chi connectivity index (χ2v) is 4.93. The van der Waals surface area contributed by atoms with Crippen molar-refractivity contribution < 1.29 is 22.6 Å². The van der Waals surface area contributed by atoms with Crippen molar-refractivity contribution in [3.8, 4) is 17.4 Å². The lowest BCUT2D eigenvalue weighted by atomic mass is 10.2. The van der Waals surface area contributed by atoms with Gasteiger partial charge in [-0.05, 0) is 18.6 Å². The monoisotopic (exact) mass is 351 g/mol. The zero-order valence-corrected chi connectivity index (χ0v) is 12.9. The molecule has 7 nitrogen and oxygen atoms in total. The molecule has 0 amide bonds. The van der Waals surface area contributed by atoms with Crippen molar-refractivity contribution >= 4 is 0 Å². The van der Waals surface area contributed by atoms with Gasteiger partial charge in [0.05, 0.1) is 18.6 Å². The zero-order chi connectivity index (χ0) is 17.8. The van der Waals surface area contributed by atoms with Crippen LogP contribution in [0.25, 0.3) is 5.69 Å². The van der Waals surface area contributed by atoms with Crippen LogP contribution in [0.4, 0.5) is 13.2 Å². The Morgan fingerprint density at radius 2 is 1.96 bits per heavy atom. The minimum Gasteiger partial charge on any atom is -0.457 e. The van der Waals surface area contributed by atoms with Crippen LogP contribution in [0.2, 0.25) is 0 Å². The van der Waals surface area contributed by atoms with E-state index in [9.17, 15) is 13.2 Å². The van der Waals surface area contributed by atoms with Crippen LogP contribution < -0.4 is 9.47 Å². The Bertz CT molecular complexity index is 855. The van der Waals surface area contributed by atoms with Gasteiger partial charge in [0, 0.05) is 0 Å². The number of benzene rings is 1. The third-order valence-corrected chi connectivity index (χ3v) is 3.14. The van der Waals surface area contributed by atoms with E-state index >= 15 is 0 Å². The summed E-state index contributed by atoms with van der Waals surface area (Å²) in [6, 6.07) is 4.89. The molecule has 3 rings (SSSR count). The lowest BCUT2D eigenvalue weighted by Crippen LogP contribution is -2.04. The van der Waals surface area contributed by atoms with E-state index in [1.54, 1.807) is 25.1 Å². The van der Waals surface area contributed by atoms with Gasteiger partial charge in [0.15, 0.2) is 11.6 Å². The van der Waals surface area contributed by atoms with Crippen LogP contribution in [0.1, 0.15) is 11.3 Å². The highest BCUT2D eigenvalue weighted by atomic mass is 19.3. The van der Waals surface area contributed by atoms with Crippen LogP contribution in [0.15, 0.2) is 36.8 Å². The molecule has 2 heterocycles. The van der Waals surface area contributed by atoms with Gasteiger partial charge < -0.3 is 9.47 Å². The highest BCUT2D eigenvalue weighted by molar-refractivity contribution is 5.36. The van der Waals surface area contributed by atoms with Crippen molar-refractivity contribution in [2.24, 2.45) is 0 Å². The minimum absolute atomic E-state index is 0.0253. The largest absolute Gasteiger partial charge is 0.457 e. The predicted molar refractivity (Wildman–Crippen MR) is 79.1 cm³/mol. The van der Waals surface area contributed by atoms with Gasteiger partial charge in [-0.3, -0.25) is 0 Å². The second kappa shape index (κ2) is 7.16. The normalized spacial score (nSPS) is 10.9. The average Bonchev–Trinajstić information content (AvgIpc) is 3.05. The van der Waals surface area contributed by atoms with Gasteiger partial charge in [0.1, 0.15) is 18.0 Å². The highest BCUT2D eigenvalue weighted by Gasteiger charge is 2.11. The van der Waals surface area contributed by atoms with Crippen molar-refractivity contribution in [2.45, 2.75) is 20.1 Å². The molecule has 0 N–H and O–H groups in total. The van der Waals surface area contributed by atoms with E-state index in [1.807, 2.05) is 0 Å². The molecule has 0 atom stereocenters. The summed E-state index contributed by atoms with van der Waals surface area (Å²) in [6.45, 7) is -1.33. The Morgan fingerprint density at radius 3 is 2.68 bits per heavy atom. The predicted octanol–water partition coefficient (Wildman–Crippen LogP) is 2.69. The Hall–Kier alpha value is -3.17. The zero-order valence-electron chi connectivity index (χ0n) is 12.9. The Kier molecular flexibility index (Phi) is 4.78. The van der Waals surface area contributed by atoms with Crippen molar-refractivity contribution in [3.63, 3.8) is 0 Å². The lowest BCUT2D eigenvalue weighted by molar-refractivity contribution is -0.0504. The molecule has 1 aromatic carbocycles. The molecule has 25 heavy (non-hydrogen) atoms. The third kappa shape index (κ3) is 4.03. The number of aromatic nitrogens is 5. The van der Waals surface area contributed by atoms with E-state index in [2.05, 4.69) is 25.0 Å². The molecule has 0 bridgehead atoms. The summed E-state index contributed by atoms with van der Waals surface area (Å²) >= 11 is 0. The SMILES string of the molecule is Cc1cccc(-n2cc(COc3ncc(OC(F)F)cn3)nn2)c1F. The number of hydrogen-bond acceptors (Lipinski definition) is 6. The number of rotatable bonds is 6. The molecule has 0 radical (unpaired) electrons. The van der Waals surface area contributed by atoms with Gasteiger partial charge >= 0.3 is 12.6 Å². The minimum atomic E-state index is -2.95. The number of alkyl halides is 2. The van der Waals surface area contributed by atoms with Gasteiger partial charge in [-0.2, -0.15) is 18.7 Å². The van der Waals surface area contributed by atoms with Gasteiger partial charge in [-0.1, -0.05) is 17.3 Å². The van der Waals surface area contributed by atoms with Crippen LogP contribution in [0.5, 0.6) is 11.8 Å². The van der Waals surface area contributed by atoms with Crippen molar-refractivity contribution in [2.75, 3.05) is 0 Å². The molecule has 0 unspecified atom stereocenters. The summed E-state index contributed by atoms with van der Waals surface area (Å²) in [4.78, 5) is 7.46. The second-order valence-electron chi connectivity index (χ2n) is 4.93. The maximum atomic E-state index is 14.1. The summed E-state index contributed by atoms with van der Waals surface area (Å²) in [5.41, 5.74) is 1.17. The summed E-state index contributed by atoms with van der Waals surface area (Å²) in [5.74, 6) is -0.568. The van der Waals surface area contributed by atoms with Crippen molar-refractivity contribution in [3.05, 3.63) is 53.9 Å². The van der Waals surface area contributed by atoms with E-state index in [0.717, 1.165) is 12.4 Å². The number of hydrogen-bond donors (Lipinski definition) is 0. The Morgan fingerprint density at radius 1 is 1.20 bits per heavy atom. The Labute approximate surface area is 140 Å². The molecule has 130 valence electrons. The molecule has 2 aromatic heterocycles. The first-order chi connectivity index (χ1) is 12.0. The molecule has 3 aromatic rings. The number of nitrogens with zero attached hydrogens (tertiary/aromatic N) is 5. The fourth-order valence-corrected chi connectivity index (χ4v) is 1.97. The maximum absolute atomic E-state index is 14.1. The molecule has 0 fully saturated rings. The van der Waals surface area contributed by atoms with Crippen LogP contribution in [0.3, 0.4) is 0 Å². The number of aryl methyl sites for hydroxylation is 1. The first-order valence-corrected chi connectivity index (χ1v) is 7.09. The molecule has 0 aliphatic carbocycles. The van der Waals surface area contributed by atoms with Gasteiger partial charge in [0.2, 0.25) is 0 Å². The average molecular weight is 351 g/mol. The van der Waals surface area contributed by atoms with Crippen LogP contribution in [0, 0.1) is 12.7 Å². The van der Waals surface area contributed by atoms with E-state index in [4.69, 9.17) is 4.74 Å². The first-order valence-electron chi connectivity index (χ1n) is 7.09. The van der Waals surface area contributed by atoms with E-state index in [1.165, 1.54) is 10.9 Å². The van der Waals surface area contributed by atoms with Crippen LogP contribution in [-0.4, -0.2) is 31.6 Å². The fraction of sp³-hybridized carbons (Fsp3) is 0.200. The lowest BCUT2D eigenvalue weighted by Gasteiger charge is -2.05. The molecule has 0 aliphatic heterocycles. The summed E-state index contributed by atoms with van der Waals surface area (Å²) in [7, 11) is 0. The standard InChI is InChI=1S/C15H12F3N5O2/c1-9-3-2-4-12(13(9)16)23-7-10(21-22-23)8-24-15-19-5-11(6-20-15)25-14(17)18/h2-7,14H,8H2,1H3. The molecule has 10 heteroatoms. The molecule has 0 spiro atoms. The quantitative estimate of drug-likeness (QED) is 0.680. The van der Waals surface area contributed by atoms with Crippen LogP contribution in [-0.2, 0) is 6.61 Å². The van der Waals surface area contributed by atoms with E-state index in [-0.39, 0.29) is 24.1 Å². The van der Waals surface area contributed by atoms with Gasteiger partial charge in [0.25, 0.3) is 0 Å². The fourth-order valence-electron chi connectivity index (χ4n) is 1.97. The first kappa shape index (κ1) is 16.7. The highest BCUT2D eigenvalue weighted by Crippen LogP contribution is 2.16. The van der Waals surface area contributed by atoms with Gasteiger partial charge in [-0.15, -0.1) is 5.10 Å². The van der Waals surface area contributed by atoms with E-state index < -0.39 is 12.4 Å². The van der Waals surface area contributed by atoms with Gasteiger partial charge in [-0.25, -0.2) is 9.07 Å². The van der Waals surface area contributed by atoms with Crippen molar-refractivity contribution in [1.82, 2.24) is 25.0 Å². The van der Waals surface area contributed by atoms with Crippen molar-refractivity contribution in [1.29, 1.82) is 0 Å². The molecular weight excluding hydrogens is 339 g/mol. The molecule has 0 aliphatic rings. The van der Waals surface area contributed by atoms with Crippen LogP contribution >= 0.6 is 0 Å². The number of ether oxygens (including phenoxy) is 2. The Balaban J connectivity index is 1.65. The molecule has 0 saturated heterocycles. The summed E-state index contributed by atoms with van der Waals surface area (Å²) < 4.78 is 48.8. The third-order valence-electron chi connectivity index (χ3n) is 3.14. The molecular formula is C15H12F3N5O2. The summed E-state index contributed by atoms with van der Waals surface area (Å²) in [5, 5.41) is 7.73. The smallest absolute Gasteiger partial charge is 0.387 e. The molecule has 0 saturated carbocycles. The number of halogens is 3.